The van der Waals surface area contributed by atoms with Crippen LogP contribution in [0.15, 0.2) is 72.6 Å². The van der Waals surface area contributed by atoms with Crippen molar-refractivity contribution in [3.63, 3.8) is 0 Å². The van der Waals surface area contributed by atoms with E-state index in [4.69, 9.17) is 4.74 Å². The summed E-state index contributed by atoms with van der Waals surface area (Å²) in [6, 6.07) is 13.1. The molecule has 0 amide bonds. The Bertz CT molecular complexity index is 960. The lowest BCUT2D eigenvalue weighted by molar-refractivity contribution is 0.480. The molecule has 0 fully saturated rings. The van der Waals surface area contributed by atoms with Gasteiger partial charge in [0.1, 0.15) is 22.2 Å². The fraction of sp³-hybridized carbons (Fsp3) is 0. The number of aromatic nitrogens is 4. The molecule has 0 aliphatic carbocycles. The van der Waals surface area contributed by atoms with Gasteiger partial charge in [-0.15, -0.1) is 11.3 Å². The van der Waals surface area contributed by atoms with Crippen molar-refractivity contribution >= 4 is 23.0 Å². The van der Waals surface area contributed by atoms with Crippen molar-refractivity contribution in [3.05, 3.63) is 72.6 Å². The topological polar surface area (TPSA) is 72.8 Å². The standard InChI is InChI=1S/C18H13N5OS/c1-3-13(11-14(4-1)24-15-5-2-7-19-12-15)22-18-21-8-6-16(23-18)17-20-9-10-25-17/h1-12H,(H,21,22,23). The minimum Gasteiger partial charge on any atom is -0.456 e. The number of ether oxygens (including phenoxy) is 1. The summed E-state index contributed by atoms with van der Waals surface area (Å²) in [6.07, 6.45) is 6.84. The van der Waals surface area contributed by atoms with Crippen LogP contribution in [0.4, 0.5) is 11.6 Å². The molecule has 0 saturated carbocycles. The monoisotopic (exact) mass is 347 g/mol. The fourth-order valence-corrected chi connectivity index (χ4v) is 2.80. The van der Waals surface area contributed by atoms with E-state index in [1.165, 1.54) is 11.3 Å². The molecule has 122 valence electrons. The number of hydrogen-bond acceptors (Lipinski definition) is 7. The zero-order valence-electron chi connectivity index (χ0n) is 13.0. The van der Waals surface area contributed by atoms with Crippen molar-refractivity contribution in [1.29, 1.82) is 0 Å². The first-order valence-electron chi connectivity index (χ1n) is 7.55. The average Bonchev–Trinajstić information content (AvgIpc) is 3.18. The Morgan fingerprint density at radius 1 is 0.920 bits per heavy atom. The second-order valence-corrected chi connectivity index (χ2v) is 5.94. The molecule has 6 nitrogen and oxygen atoms in total. The molecule has 0 radical (unpaired) electrons. The third-order valence-corrected chi connectivity index (χ3v) is 4.06. The van der Waals surface area contributed by atoms with Gasteiger partial charge in [0.2, 0.25) is 5.95 Å². The van der Waals surface area contributed by atoms with Gasteiger partial charge >= 0.3 is 0 Å². The first-order chi connectivity index (χ1) is 12.4. The Morgan fingerprint density at radius 2 is 1.88 bits per heavy atom. The Labute approximate surface area is 148 Å². The van der Waals surface area contributed by atoms with E-state index in [1.807, 2.05) is 47.8 Å². The predicted molar refractivity (Wildman–Crippen MR) is 97.2 cm³/mol. The number of pyridine rings is 1. The lowest BCUT2D eigenvalue weighted by Crippen LogP contribution is -1.98. The summed E-state index contributed by atoms with van der Waals surface area (Å²) in [5, 5.41) is 5.97. The van der Waals surface area contributed by atoms with E-state index in [9.17, 15) is 0 Å². The van der Waals surface area contributed by atoms with Crippen LogP contribution in [0.5, 0.6) is 11.5 Å². The summed E-state index contributed by atoms with van der Waals surface area (Å²) in [5.74, 6) is 1.89. The van der Waals surface area contributed by atoms with Gasteiger partial charge < -0.3 is 10.1 Å². The van der Waals surface area contributed by atoms with Crippen LogP contribution >= 0.6 is 11.3 Å². The van der Waals surface area contributed by atoms with Crippen LogP contribution in [0.3, 0.4) is 0 Å². The van der Waals surface area contributed by atoms with Crippen molar-refractivity contribution in [2.45, 2.75) is 0 Å². The number of hydrogen-bond donors (Lipinski definition) is 1. The Kier molecular flexibility index (Phi) is 4.30. The second kappa shape index (κ2) is 7.06. The summed E-state index contributed by atoms with van der Waals surface area (Å²) in [5.41, 5.74) is 1.62. The number of anilines is 2. The molecular weight excluding hydrogens is 334 g/mol. The smallest absolute Gasteiger partial charge is 0.227 e. The molecule has 0 unspecified atom stereocenters. The molecule has 0 aliphatic rings. The van der Waals surface area contributed by atoms with Gasteiger partial charge in [-0.25, -0.2) is 15.0 Å². The summed E-state index contributed by atoms with van der Waals surface area (Å²) in [7, 11) is 0. The second-order valence-electron chi connectivity index (χ2n) is 5.05. The molecule has 0 spiro atoms. The van der Waals surface area contributed by atoms with E-state index < -0.39 is 0 Å². The number of rotatable bonds is 5. The molecular formula is C18H13N5OS. The van der Waals surface area contributed by atoms with Crippen LogP contribution in [0.1, 0.15) is 0 Å². The summed E-state index contributed by atoms with van der Waals surface area (Å²) in [4.78, 5) is 17.1. The molecule has 1 N–H and O–H groups in total. The van der Waals surface area contributed by atoms with Gasteiger partial charge in [-0.2, -0.15) is 0 Å². The Balaban J connectivity index is 1.53. The van der Waals surface area contributed by atoms with Gasteiger partial charge in [-0.1, -0.05) is 6.07 Å². The van der Waals surface area contributed by atoms with Crippen LogP contribution in [0, 0.1) is 0 Å². The average molecular weight is 347 g/mol. The Hall–Kier alpha value is -3.32. The molecule has 1 aromatic carbocycles. The molecule has 7 heteroatoms. The highest BCUT2D eigenvalue weighted by Gasteiger charge is 2.05. The van der Waals surface area contributed by atoms with E-state index >= 15 is 0 Å². The summed E-state index contributed by atoms with van der Waals surface area (Å²) < 4.78 is 5.79. The van der Waals surface area contributed by atoms with Crippen LogP contribution in [-0.2, 0) is 0 Å². The molecule has 4 aromatic rings. The van der Waals surface area contributed by atoms with Gasteiger partial charge in [0, 0.05) is 35.7 Å². The largest absolute Gasteiger partial charge is 0.456 e. The maximum absolute atomic E-state index is 5.79. The zero-order chi connectivity index (χ0) is 16.9. The zero-order valence-corrected chi connectivity index (χ0v) is 13.9. The summed E-state index contributed by atoms with van der Waals surface area (Å²) in [6.45, 7) is 0. The minimum atomic E-state index is 0.506. The van der Waals surface area contributed by atoms with Crippen LogP contribution in [-0.4, -0.2) is 19.9 Å². The highest BCUT2D eigenvalue weighted by atomic mass is 32.1. The van der Waals surface area contributed by atoms with Crippen molar-refractivity contribution in [2.75, 3.05) is 5.32 Å². The van der Waals surface area contributed by atoms with E-state index in [1.54, 1.807) is 24.8 Å². The van der Waals surface area contributed by atoms with Crippen molar-refractivity contribution in [2.24, 2.45) is 0 Å². The normalized spacial score (nSPS) is 10.4. The van der Waals surface area contributed by atoms with Crippen molar-refractivity contribution < 1.29 is 4.74 Å². The van der Waals surface area contributed by atoms with Gasteiger partial charge in [0.25, 0.3) is 0 Å². The molecule has 3 heterocycles. The maximum atomic E-state index is 5.79. The van der Waals surface area contributed by atoms with Crippen LogP contribution in [0.2, 0.25) is 0 Å². The quantitative estimate of drug-likeness (QED) is 0.572. The van der Waals surface area contributed by atoms with E-state index in [2.05, 4.69) is 25.3 Å². The van der Waals surface area contributed by atoms with Crippen molar-refractivity contribution in [1.82, 2.24) is 19.9 Å². The highest BCUT2D eigenvalue weighted by molar-refractivity contribution is 7.13. The first-order valence-corrected chi connectivity index (χ1v) is 8.43. The third kappa shape index (κ3) is 3.78. The first kappa shape index (κ1) is 15.2. The Morgan fingerprint density at radius 3 is 2.72 bits per heavy atom. The van der Waals surface area contributed by atoms with Gasteiger partial charge in [0.05, 0.1) is 6.20 Å². The van der Waals surface area contributed by atoms with E-state index in [-0.39, 0.29) is 0 Å². The fourth-order valence-electron chi connectivity index (χ4n) is 2.20. The maximum Gasteiger partial charge on any atom is 0.227 e. The molecule has 0 aliphatic heterocycles. The number of benzene rings is 1. The number of thiazole rings is 1. The SMILES string of the molecule is c1cncc(Oc2cccc(Nc3nccc(-c4nccs4)n3)c2)c1. The van der Waals surface area contributed by atoms with Gasteiger partial charge in [-0.3, -0.25) is 4.98 Å². The predicted octanol–water partition coefficient (Wildman–Crippen LogP) is 4.53. The van der Waals surface area contributed by atoms with Crippen LogP contribution < -0.4 is 10.1 Å². The number of nitrogens with one attached hydrogen (secondary N) is 1. The van der Waals surface area contributed by atoms with E-state index in [0.717, 1.165) is 16.4 Å². The highest BCUT2D eigenvalue weighted by Crippen LogP contribution is 2.25. The lowest BCUT2D eigenvalue weighted by Gasteiger charge is -2.09. The lowest BCUT2D eigenvalue weighted by atomic mass is 10.3. The van der Waals surface area contributed by atoms with Gasteiger partial charge in [-0.05, 0) is 30.3 Å². The molecule has 0 bridgehead atoms. The molecule has 3 aromatic heterocycles. The minimum absolute atomic E-state index is 0.506. The molecule has 4 rings (SSSR count). The molecule has 0 saturated heterocycles. The third-order valence-electron chi connectivity index (χ3n) is 3.27. The van der Waals surface area contributed by atoms with Crippen molar-refractivity contribution in [3.8, 4) is 22.2 Å². The van der Waals surface area contributed by atoms with Gasteiger partial charge in [0.15, 0.2) is 0 Å². The van der Waals surface area contributed by atoms with Crippen LogP contribution in [0.25, 0.3) is 10.7 Å². The van der Waals surface area contributed by atoms with E-state index in [0.29, 0.717) is 17.4 Å². The molecule has 0 atom stereocenters. The number of nitrogens with zero attached hydrogens (tertiary/aromatic N) is 4. The summed E-state index contributed by atoms with van der Waals surface area (Å²) >= 11 is 1.54. The molecule has 25 heavy (non-hydrogen) atoms.